The Labute approximate surface area is 83.6 Å². The molecule has 1 atom stereocenters. The second kappa shape index (κ2) is 5.37. The van der Waals surface area contributed by atoms with Crippen LogP contribution in [0.15, 0.2) is 12.1 Å². The van der Waals surface area contributed by atoms with E-state index in [1.807, 2.05) is 11.3 Å². The SMILES string of the molecule is CC[C@@H](CO)[NH2+]Cc1ccc(C)s1. The van der Waals surface area contributed by atoms with Crippen molar-refractivity contribution in [2.24, 2.45) is 0 Å². The first-order chi connectivity index (χ1) is 6.26. The van der Waals surface area contributed by atoms with Crippen LogP contribution in [-0.2, 0) is 6.54 Å². The minimum atomic E-state index is 0.279. The molecule has 0 fully saturated rings. The average molecular weight is 200 g/mol. The third-order valence-electron chi connectivity index (χ3n) is 2.21. The van der Waals surface area contributed by atoms with E-state index < -0.39 is 0 Å². The third-order valence-corrected chi connectivity index (χ3v) is 3.23. The number of aliphatic hydroxyl groups excluding tert-OH is 1. The van der Waals surface area contributed by atoms with Gasteiger partial charge in [0.1, 0.15) is 12.6 Å². The van der Waals surface area contributed by atoms with Gasteiger partial charge in [-0.2, -0.15) is 0 Å². The van der Waals surface area contributed by atoms with Crippen molar-refractivity contribution >= 4 is 11.3 Å². The molecule has 0 spiro atoms. The maximum Gasteiger partial charge on any atom is 0.111 e. The molecule has 0 aliphatic heterocycles. The van der Waals surface area contributed by atoms with Crippen molar-refractivity contribution in [1.29, 1.82) is 0 Å². The van der Waals surface area contributed by atoms with Crippen molar-refractivity contribution in [2.45, 2.75) is 32.9 Å². The lowest BCUT2D eigenvalue weighted by atomic mass is 10.2. The van der Waals surface area contributed by atoms with Crippen molar-refractivity contribution in [2.75, 3.05) is 6.61 Å². The summed E-state index contributed by atoms with van der Waals surface area (Å²) in [7, 11) is 0. The molecule has 1 aromatic rings. The van der Waals surface area contributed by atoms with Gasteiger partial charge in [-0.05, 0) is 25.5 Å². The highest BCUT2D eigenvalue weighted by Gasteiger charge is 2.07. The fourth-order valence-corrected chi connectivity index (χ4v) is 2.11. The summed E-state index contributed by atoms with van der Waals surface area (Å²) in [6, 6.07) is 4.68. The fraction of sp³-hybridized carbons (Fsp3) is 0.600. The predicted molar refractivity (Wildman–Crippen MR) is 55.9 cm³/mol. The van der Waals surface area contributed by atoms with E-state index in [0.717, 1.165) is 13.0 Å². The minimum absolute atomic E-state index is 0.279. The maximum atomic E-state index is 8.98. The van der Waals surface area contributed by atoms with E-state index in [9.17, 15) is 0 Å². The number of hydrogen-bond acceptors (Lipinski definition) is 2. The Morgan fingerprint density at radius 1 is 1.54 bits per heavy atom. The lowest BCUT2D eigenvalue weighted by Gasteiger charge is -2.08. The molecule has 0 radical (unpaired) electrons. The topological polar surface area (TPSA) is 36.8 Å². The van der Waals surface area contributed by atoms with Crippen LogP contribution in [0.4, 0.5) is 0 Å². The summed E-state index contributed by atoms with van der Waals surface area (Å²) >= 11 is 1.84. The van der Waals surface area contributed by atoms with Crippen molar-refractivity contribution < 1.29 is 10.4 Å². The Bertz CT molecular complexity index is 243. The largest absolute Gasteiger partial charge is 0.390 e. The molecular formula is C10H18NOS+. The van der Waals surface area contributed by atoms with Crippen molar-refractivity contribution in [3.63, 3.8) is 0 Å². The number of thiophene rings is 1. The standard InChI is InChI=1S/C10H17NOS/c1-3-9(7-12)11-6-10-5-4-8(2)13-10/h4-5,9,11-12H,3,6-7H2,1-2H3/p+1/t9-/m0/s1. The van der Waals surface area contributed by atoms with Crippen LogP contribution in [0.25, 0.3) is 0 Å². The number of nitrogens with two attached hydrogens (primary N) is 1. The Hall–Kier alpha value is -0.380. The monoisotopic (exact) mass is 200 g/mol. The number of quaternary nitrogens is 1. The van der Waals surface area contributed by atoms with Crippen LogP contribution in [0.5, 0.6) is 0 Å². The van der Waals surface area contributed by atoms with Crippen molar-refractivity contribution in [3.8, 4) is 0 Å². The maximum absolute atomic E-state index is 8.98. The first kappa shape index (κ1) is 10.7. The molecule has 1 heterocycles. The summed E-state index contributed by atoms with van der Waals surface area (Å²) in [6.07, 6.45) is 1.03. The van der Waals surface area contributed by atoms with Crippen LogP contribution in [-0.4, -0.2) is 17.8 Å². The van der Waals surface area contributed by atoms with Gasteiger partial charge in [0, 0.05) is 4.88 Å². The highest BCUT2D eigenvalue weighted by atomic mass is 32.1. The van der Waals surface area contributed by atoms with Crippen LogP contribution in [0, 0.1) is 6.92 Å². The molecule has 0 aromatic carbocycles. The van der Waals surface area contributed by atoms with Gasteiger partial charge in [-0.15, -0.1) is 11.3 Å². The van der Waals surface area contributed by atoms with E-state index >= 15 is 0 Å². The van der Waals surface area contributed by atoms with Crippen LogP contribution < -0.4 is 5.32 Å². The van der Waals surface area contributed by atoms with Crippen LogP contribution in [0.3, 0.4) is 0 Å². The summed E-state index contributed by atoms with van der Waals surface area (Å²) < 4.78 is 0. The van der Waals surface area contributed by atoms with Crippen LogP contribution in [0.1, 0.15) is 23.1 Å². The molecule has 0 saturated carbocycles. The van der Waals surface area contributed by atoms with E-state index in [1.165, 1.54) is 9.75 Å². The van der Waals surface area contributed by atoms with E-state index in [0.29, 0.717) is 6.04 Å². The van der Waals surface area contributed by atoms with Gasteiger partial charge in [-0.1, -0.05) is 6.92 Å². The van der Waals surface area contributed by atoms with Gasteiger partial charge in [-0.3, -0.25) is 0 Å². The zero-order valence-corrected chi connectivity index (χ0v) is 9.10. The second-order valence-corrected chi connectivity index (χ2v) is 4.68. The Morgan fingerprint density at radius 2 is 2.31 bits per heavy atom. The molecule has 0 bridgehead atoms. The smallest absolute Gasteiger partial charge is 0.111 e. The predicted octanol–water partition coefficient (Wildman–Crippen LogP) is 0.891. The van der Waals surface area contributed by atoms with Gasteiger partial charge in [0.15, 0.2) is 0 Å². The molecule has 1 rings (SSSR count). The van der Waals surface area contributed by atoms with Gasteiger partial charge < -0.3 is 10.4 Å². The highest BCUT2D eigenvalue weighted by Crippen LogP contribution is 2.13. The lowest BCUT2D eigenvalue weighted by Crippen LogP contribution is -2.89. The molecule has 0 unspecified atom stereocenters. The summed E-state index contributed by atoms with van der Waals surface area (Å²) in [6.45, 7) is 5.51. The molecule has 74 valence electrons. The van der Waals surface area contributed by atoms with Gasteiger partial charge in [0.05, 0.1) is 11.5 Å². The zero-order chi connectivity index (χ0) is 9.68. The molecule has 3 heteroatoms. The Balaban J connectivity index is 2.33. The molecule has 13 heavy (non-hydrogen) atoms. The molecular weight excluding hydrogens is 182 g/mol. The summed E-state index contributed by atoms with van der Waals surface area (Å²) in [5.41, 5.74) is 0. The molecule has 0 saturated heterocycles. The minimum Gasteiger partial charge on any atom is -0.390 e. The summed E-state index contributed by atoms with van der Waals surface area (Å²) in [5.74, 6) is 0. The van der Waals surface area contributed by atoms with Crippen molar-refractivity contribution in [1.82, 2.24) is 0 Å². The quantitative estimate of drug-likeness (QED) is 0.728. The van der Waals surface area contributed by atoms with Gasteiger partial charge in [0.25, 0.3) is 0 Å². The number of aryl methyl sites for hydroxylation is 1. The van der Waals surface area contributed by atoms with Crippen LogP contribution >= 0.6 is 11.3 Å². The molecule has 1 aromatic heterocycles. The van der Waals surface area contributed by atoms with Crippen molar-refractivity contribution in [3.05, 3.63) is 21.9 Å². The van der Waals surface area contributed by atoms with E-state index in [4.69, 9.17) is 5.11 Å². The summed E-state index contributed by atoms with van der Waals surface area (Å²) in [4.78, 5) is 2.75. The number of hydrogen-bond donors (Lipinski definition) is 2. The Morgan fingerprint density at radius 3 is 2.77 bits per heavy atom. The van der Waals surface area contributed by atoms with Crippen LogP contribution in [0.2, 0.25) is 0 Å². The summed E-state index contributed by atoms with van der Waals surface area (Å²) in [5, 5.41) is 11.2. The zero-order valence-electron chi connectivity index (χ0n) is 8.29. The first-order valence-corrected chi connectivity index (χ1v) is 5.57. The normalized spacial score (nSPS) is 13.2. The van der Waals surface area contributed by atoms with Gasteiger partial charge in [-0.25, -0.2) is 0 Å². The number of aliphatic hydroxyl groups is 1. The van der Waals surface area contributed by atoms with Gasteiger partial charge >= 0.3 is 0 Å². The van der Waals surface area contributed by atoms with Gasteiger partial charge in [0.2, 0.25) is 0 Å². The fourth-order valence-electron chi connectivity index (χ4n) is 1.25. The third kappa shape index (κ3) is 3.46. The van der Waals surface area contributed by atoms with E-state index in [-0.39, 0.29) is 6.61 Å². The van der Waals surface area contributed by atoms with E-state index in [1.54, 1.807) is 0 Å². The van der Waals surface area contributed by atoms with E-state index in [2.05, 4.69) is 31.3 Å². The highest BCUT2D eigenvalue weighted by molar-refractivity contribution is 7.11. The first-order valence-electron chi connectivity index (χ1n) is 4.75. The number of rotatable bonds is 5. The average Bonchev–Trinajstić information content (AvgIpc) is 2.53. The Kier molecular flexibility index (Phi) is 4.42. The molecule has 0 aliphatic rings. The molecule has 0 aliphatic carbocycles. The molecule has 0 amide bonds. The molecule has 3 N–H and O–H groups in total. The molecule has 2 nitrogen and oxygen atoms in total. The lowest BCUT2D eigenvalue weighted by molar-refractivity contribution is -0.705. The second-order valence-electron chi connectivity index (χ2n) is 3.30.